The Bertz CT molecular complexity index is 1110. The number of benzene rings is 2. The van der Waals surface area contributed by atoms with E-state index in [2.05, 4.69) is 15.6 Å². The summed E-state index contributed by atoms with van der Waals surface area (Å²) in [6, 6.07) is 16.1. The lowest BCUT2D eigenvalue weighted by atomic mass is 10.0. The van der Waals surface area contributed by atoms with Gasteiger partial charge in [-0.3, -0.25) is 9.59 Å². The zero-order valence-electron chi connectivity index (χ0n) is 17.8. The molecule has 2 N–H and O–H groups in total. The number of aryl methyl sites for hydroxylation is 1. The normalized spacial score (nSPS) is 11.6. The van der Waals surface area contributed by atoms with E-state index in [1.54, 1.807) is 26.0 Å². The van der Waals surface area contributed by atoms with Crippen molar-refractivity contribution < 1.29 is 19.1 Å². The lowest BCUT2D eigenvalue weighted by molar-refractivity contribution is -0.130. The van der Waals surface area contributed by atoms with Gasteiger partial charge in [-0.25, -0.2) is 9.78 Å². The number of amides is 2. The number of carbonyl (C=O) groups excluding carboxylic acids is 3. The van der Waals surface area contributed by atoms with Crippen molar-refractivity contribution in [2.75, 3.05) is 13.2 Å². The molecule has 0 radical (unpaired) electrons. The molecule has 0 aliphatic rings. The SMILES string of the molecule is CCNC(=O)[C@H](C)NC(=O)COC(=O)c1cc(-c2ccc(C)cc2)nc2ccccc12. The van der Waals surface area contributed by atoms with E-state index in [0.717, 1.165) is 11.1 Å². The van der Waals surface area contributed by atoms with Crippen LogP contribution in [0.5, 0.6) is 0 Å². The van der Waals surface area contributed by atoms with Gasteiger partial charge in [-0.2, -0.15) is 0 Å². The van der Waals surface area contributed by atoms with Gasteiger partial charge in [0.15, 0.2) is 6.61 Å². The average Bonchev–Trinajstić information content (AvgIpc) is 2.77. The number of hydrogen-bond donors (Lipinski definition) is 2. The summed E-state index contributed by atoms with van der Waals surface area (Å²) in [5.74, 6) is -1.48. The van der Waals surface area contributed by atoms with Crippen LogP contribution in [-0.2, 0) is 14.3 Å². The van der Waals surface area contributed by atoms with Gasteiger partial charge in [0.2, 0.25) is 5.91 Å². The van der Waals surface area contributed by atoms with E-state index in [1.807, 2.05) is 49.4 Å². The first-order chi connectivity index (χ1) is 14.9. The molecule has 3 aromatic rings. The van der Waals surface area contributed by atoms with Crippen molar-refractivity contribution in [3.05, 3.63) is 65.7 Å². The molecule has 0 saturated heterocycles. The first kappa shape index (κ1) is 22.0. The molecule has 160 valence electrons. The van der Waals surface area contributed by atoms with Gasteiger partial charge in [-0.15, -0.1) is 0 Å². The van der Waals surface area contributed by atoms with Gasteiger partial charge < -0.3 is 15.4 Å². The molecule has 0 fully saturated rings. The number of esters is 1. The second-order valence-electron chi connectivity index (χ2n) is 7.20. The number of para-hydroxylation sites is 1. The van der Waals surface area contributed by atoms with Crippen LogP contribution in [0, 0.1) is 6.92 Å². The van der Waals surface area contributed by atoms with Crippen molar-refractivity contribution in [1.29, 1.82) is 0 Å². The minimum atomic E-state index is -0.721. The van der Waals surface area contributed by atoms with Gasteiger partial charge in [-0.1, -0.05) is 48.0 Å². The van der Waals surface area contributed by atoms with Crippen molar-refractivity contribution >= 4 is 28.7 Å². The number of fused-ring (bicyclic) bond motifs is 1. The van der Waals surface area contributed by atoms with Crippen LogP contribution in [0.2, 0.25) is 0 Å². The summed E-state index contributed by atoms with van der Waals surface area (Å²) < 4.78 is 5.24. The summed E-state index contributed by atoms with van der Waals surface area (Å²) in [6.45, 7) is 5.33. The summed E-state index contributed by atoms with van der Waals surface area (Å²) in [5.41, 5.74) is 3.61. The van der Waals surface area contributed by atoms with Crippen LogP contribution in [0.3, 0.4) is 0 Å². The van der Waals surface area contributed by atoms with E-state index in [0.29, 0.717) is 28.7 Å². The second-order valence-corrected chi connectivity index (χ2v) is 7.20. The molecule has 2 amide bonds. The van der Waals surface area contributed by atoms with Crippen molar-refractivity contribution in [3.63, 3.8) is 0 Å². The summed E-state index contributed by atoms with van der Waals surface area (Å²) in [6.07, 6.45) is 0. The van der Waals surface area contributed by atoms with Crippen LogP contribution in [0.4, 0.5) is 0 Å². The Morgan fingerprint density at radius 2 is 1.77 bits per heavy atom. The topological polar surface area (TPSA) is 97.4 Å². The van der Waals surface area contributed by atoms with E-state index >= 15 is 0 Å². The minimum absolute atomic E-state index is 0.301. The molecule has 0 aliphatic carbocycles. The van der Waals surface area contributed by atoms with Crippen LogP contribution in [0.25, 0.3) is 22.2 Å². The predicted molar refractivity (Wildman–Crippen MR) is 118 cm³/mol. The quantitative estimate of drug-likeness (QED) is 0.574. The molecule has 0 spiro atoms. The number of hydrogen-bond acceptors (Lipinski definition) is 5. The molecule has 7 nitrogen and oxygen atoms in total. The molecule has 2 aromatic carbocycles. The first-order valence-electron chi connectivity index (χ1n) is 10.1. The van der Waals surface area contributed by atoms with Crippen molar-refractivity contribution in [3.8, 4) is 11.3 Å². The zero-order chi connectivity index (χ0) is 22.4. The third-order valence-corrected chi connectivity index (χ3v) is 4.74. The fourth-order valence-electron chi connectivity index (χ4n) is 3.10. The number of aromatic nitrogens is 1. The fraction of sp³-hybridized carbons (Fsp3) is 0.250. The van der Waals surface area contributed by atoms with Crippen LogP contribution < -0.4 is 10.6 Å². The summed E-state index contributed by atoms with van der Waals surface area (Å²) in [5, 5.41) is 5.77. The molecule has 0 saturated carbocycles. The second kappa shape index (κ2) is 9.84. The summed E-state index contributed by atoms with van der Waals surface area (Å²) >= 11 is 0. The van der Waals surface area contributed by atoms with Gasteiger partial charge in [0.25, 0.3) is 5.91 Å². The third-order valence-electron chi connectivity index (χ3n) is 4.74. The Labute approximate surface area is 180 Å². The third kappa shape index (κ3) is 5.45. The Morgan fingerprint density at radius 3 is 2.48 bits per heavy atom. The maximum absolute atomic E-state index is 12.8. The number of likely N-dealkylation sites (N-methyl/N-ethyl adjacent to an activating group) is 1. The Hall–Kier alpha value is -3.74. The Morgan fingerprint density at radius 1 is 1.06 bits per heavy atom. The zero-order valence-corrected chi connectivity index (χ0v) is 17.8. The van der Waals surface area contributed by atoms with Gasteiger partial charge >= 0.3 is 5.97 Å². The monoisotopic (exact) mass is 419 g/mol. The Balaban J connectivity index is 1.79. The highest BCUT2D eigenvalue weighted by atomic mass is 16.5. The molecule has 31 heavy (non-hydrogen) atoms. The predicted octanol–water partition coefficient (Wildman–Crippen LogP) is 3.01. The highest BCUT2D eigenvalue weighted by Gasteiger charge is 2.19. The van der Waals surface area contributed by atoms with E-state index in [4.69, 9.17) is 4.74 Å². The maximum atomic E-state index is 12.8. The van der Waals surface area contributed by atoms with Crippen LogP contribution >= 0.6 is 0 Å². The minimum Gasteiger partial charge on any atom is -0.452 e. The number of rotatable bonds is 7. The highest BCUT2D eigenvalue weighted by molar-refractivity contribution is 6.05. The number of pyridine rings is 1. The van der Waals surface area contributed by atoms with Crippen molar-refractivity contribution in [2.24, 2.45) is 0 Å². The van der Waals surface area contributed by atoms with E-state index in [1.165, 1.54) is 0 Å². The molecule has 1 aromatic heterocycles. The molecule has 1 atom stereocenters. The molecule has 0 bridgehead atoms. The summed E-state index contributed by atoms with van der Waals surface area (Å²) in [7, 11) is 0. The molecule has 3 rings (SSSR count). The molecular formula is C24H25N3O4. The summed E-state index contributed by atoms with van der Waals surface area (Å²) in [4.78, 5) is 41.3. The number of nitrogens with one attached hydrogen (secondary N) is 2. The van der Waals surface area contributed by atoms with E-state index < -0.39 is 24.5 Å². The standard InChI is InChI=1S/C24H25N3O4/c1-4-25-23(29)16(3)26-22(28)14-31-24(30)19-13-21(17-11-9-15(2)10-12-17)27-20-8-6-5-7-18(19)20/h5-13,16H,4,14H2,1-3H3,(H,25,29)(H,26,28)/t16-/m0/s1. The van der Waals surface area contributed by atoms with Crippen LogP contribution in [0.15, 0.2) is 54.6 Å². The molecule has 1 heterocycles. The smallest absolute Gasteiger partial charge is 0.339 e. The number of nitrogens with zero attached hydrogens (tertiary/aromatic N) is 1. The van der Waals surface area contributed by atoms with Crippen LogP contribution in [0.1, 0.15) is 29.8 Å². The van der Waals surface area contributed by atoms with E-state index in [-0.39, 0.29) is 5.91 Å². The molecule has 0 aliphatic heterocycles. The van der Waals surface area contributed by atoms with Gasteiger partial charge in [0.05, 0.1) is 16.8 Å². The average molecular weight is 419 g/mol. The molecular weight excluding hydrogens is 394 g/mol. The van der Waals surface area contributed by atoms with Gasteiger partial charge in [0.1, 0.15) is 6.04 Å². The Kier molecular flexibility index (Phi) is 6.97. The number of carbonyl (C=O) groups is 3. The van der Waals surface area contributed by atoms with Gasteiger partial charge in [-0.05, 0) is 32.9 Å². The maximum Gasteiger partial charge on any atom is 0.339 e. The lowest BCUT2D eigenvalue weighted by Crippen LogP contribution is -2.46. The fourth-order valence-corrected chi connectivity index (χ4v) is 3.10. The molecule has 0 unspecified atom stereocenters. The molecule has 7 heteroatoms. The first-order valence-corrected chi connectivity index (χ1v) is 10.1. The van der Waals surface area contributed by atoms with Crippen molar-refractivity contribution in [2.45, 2.75) is 26.8 Å². The van der Waals surface area contributed by atoms with Crippen molar-refractivity contribution in [1.82, 2.24) is 15.6 Å². The van der Waals surface area contributed by atoms with E-state index in [9.17, 15) is 14.4 Å². The number of ether oxygens (including phenoxy) is 1. The highest BCUT2D eigenvalue weighted by Crippen LogP contribution is 2.25. The van der Waals surface area contributed by atoms with Gasteiger partial charge in [0, 0.05) is 17.5 Å². The van der Waals surface area contributed by atoms with Crippen LogP contribution in [-0.4, -0.2) is 42.0 Å². The lowest BCUT2D eigenvalue weighted by Gasteiger charge is -2.14. The largest absolute Gasteiger partial charge is 0.452 e.